The lowest BCUT2D eigenvalue weighted by molar-refractivity contribution is 0.470. The first-order valence-electron chi connectivity index (χ1n) is 14.7. The third-order valence-electron chi connectivity index (χ3n) is 7.40. The first-order chi connectivity index (χ1) is 20.1. The average molecular weight is 740 g/mol. The van der Waals surface area contributed by atoms with E-state index in [1.165, 1.54) is 0 Å². The van der Waals surface area contributed by atoms with E-state index in [-0.39, 0.29) is 0 Å². The Bertz CT molecular complexity index is 876. The van der Waals surface area contributed by atoms with Crippen LogP contribution in [0.15, 0.2) is 18.1 Å². The summed E-state index contributed by atoms with van der Waals surface area (Å²) in [4.78, 5) is 0. The van der Waals surface area contributed by atoms with Crippen molar-refractivity contribution in [2.45, 2.75) is 0 Å². The molecule has 0 amide bonds. The number of hydrogen-bond donors (Lipinski definition) is 0. The Morgan fingerprint density at radius 2 is 0.311 bits per heavy atom. The molecular formula is C24H72N16P5+. The Morgan fingerprint density at radius 1 is 0.222 bits per heavy atom. The Labute approximate surface area is 280 Å². The van der Waals surface area contributed by atoms with Crippen LogP contribution in [0.3, 0.4) is 0 Å². The molecule has 0 aliphatic carbocycles. The smallest absolute Gasteiger partial charge is 0.249 e. The molecule has 0 rings (SSSR count). The molecule has 16 nitrogen and oxygen atoms in total. The van der Waals surface area contributed by atoms with Crippen LogP contribution in [-0.4, -0.2) is 225 Å². The molecule has 0 spiro atoms. The largest absolute Gasteiger partial charge is 0.502 e. The van der Waals surface area contributed by atoms with E-state index in [9.17, 15) is 0 Å². The van der Waals surface area contributed by atoms with Gasteiger partial charge in [-0.05, 0) is 187 Å². The zero-order valence-electron chi connectivity index (χ0n) is 33.4. The fourth-order valence-corrected chi connectivity index (χ4v) is 30.2. The topological polar surface area (TPSA) is 88.3 Å². The van der Waals surface area contributed by atoms with Crippen LogP contribution in [0, 0.1) is 0 Å². The number of nitrogens with zero attached hydrogens (tertiary/aromatic N) is 16. The fourth-order valence-electron chi connectivity index (χ4n) is 6.00. The zero-order chi connectivity index (χ0) is 36.3. The molecule has 21 heteroatoms. The number of hydrogen-bond acceptors (Lipinski definition) is 4. The lowest BCUT2D eigenvalue weighted by atomic mass is 11.2. The molecule has 0 aliphatic heterocycles. The molecule has 0 aromatic rings. The second-order valence-electron chi connectivity index (χ2n) is 13.2. The molecule has 0 aliphatic rings. The third-order valence-corrected chi connectivity index (χ3v) is 28.0. The first-order valence-corrected chi connectivity index (χ1v) is 22.7. The maximum Gasteiger partial charge on any atom is 0.502 e. The fraction of sp³-hybridized carbons (Fsp3) is 1.00. The number of rotatable bonds is 16. The molecule has 0 aromatic heterocycles. The SMILES string of the molecule is CN(C)P(=N[P+](N=P(N(C)C)(N(C)C)N(C)C)(N=P(N(C)C)(N(C)C)N(C)C)N=P(N(C)C)(N(C)C)N(C)C)(N(C)C)N(C)C. The molecule has 45 heavy (non-hydrogen) atoms. The monoisotopic (exact) mass is 739 g/mol. The Kier molecular flexibility index (Phi) is 17.5. The zero-order valence-corrected chi connectivity index (χ0v) is 37.9. The molecule has 0 N–H and O–H groups in total. The average Bonchev–Trinajstić information content (AvgIpc) is 2.84. The highest BCUT2D eigenvalue weighted by Crippen LogP contribution is 2.86. The van der Waals surface area contributed by atoms with Gasteiger partial charge in [0, 0.05) is 0 Å². The van der Waals surface area contributed by atoms with E-state index in [1.807, 2.05) is 0 Å². The summed E-state index contributed by atoms with van der Waals surface area (Å²) in [5, 5.41) is 0. The summed E-state index contributed by atoms with van der Waals surface area (Å²) in [6, 6.07) is 0. The Morgan fingerprint density at radius 3 is 0.378 bits per heavy atom. The molecular weight excluding hydrogens is 667 g/mol. The molecule has 0 unspecified atom stereocenters. The maximum absolute atomic E-state index is 6.08. The van der Waals surface area contributed by atoms with E-state index in [2.05, 4.69) is 225 Å². The van der Waals surface area contributed by atoms with Gasteiger partial charge in [0.15, 0.2) is 0 Å². The van der Waals surface area contributed by atoms with Gasteiger partial charge in [-0.15, -0.1) is 0 Å². The molecule has 0 atom stereocenters. The Balaban J connectivity index is 10.2. The molecule has 0 radical (unpaired) electrons. The van der Waals surface area contributed by atoms with Crippen molar-refractivity contribution in [1.82, 2.24) is 56.0 Å². The second kappa shape index (κ2) is 17.2. The van der Waals surface area contributed by atoms with Crippen molar-refractivity contribution in [3.63, 3.8) is 0 Å². The molecule has 0 saturated heterocycles. The maximum atomic E-state index is 6.08. The highest BCUT2D eigenvalue weighted by atomic mass is 31.3. The highest BCUT2D eigenvalue weighted by molar-refractivity contribution is 7.87. The summed E-state index contributed by atoms with van der Waals surface area (Å²) < 4.78 is 51.2. The van der Waals surface area contributed by atoms with Crippen molar-refractivity contribution in [3.8, 4) is 0 Å². The van der Waals surface area contributed by atoms with Gasteiger partial charge in [-0.3, -0.25) is 0 Å². The van der Waals surface area contributed by atoms with Crippen LogP contribution in [0.2, 0.25) is 0 Å². The van der Waals surface area contributed by atoms with Crippen molar-refractivity contribution in [2.75, 3.05) is 169 Å². The quantitative estimate of drug-likeness (QED) is 0.196. The molecule has 0 heterocycles. The lowest BCUT2D eigenvalue weighted by Gasteiger charge is -2.44. The van der Waals surface area contributed by atoms with Gasteiger partial charge < -0.3 is 0 Å². The summed E-state index contributed by atoms with van der Waals surface area (Å²) >= 11 is 0. The van der Waals surface area contributed by atoms with Gasteiger partial charge in [-0.2, -0.15) is 0 Å². The van der Waals surface area contributed by atoms with Crippen LogP contribution in [0.25, 0.3) is 0 Å². The van der Waals surface area contributed by atoms with Gasteiger partial charge in [-0.1, -0.05) is 0 Å². The molecule has 0 aromatic carbocycles. The van der Waals surface area contributed by atoms with Gasteiger partial charge >= 0.3 is 7.87 Å². The minimum Gasteiger partial charge on any atom is -0.249 e. The summed E-state index contributed by atoms with van der Waals surface area (Å²) in [6.45, 7) is 0. The summed E-state index contributed by atoms with van der Waals surface area (Å²) in [6.07, 6.45) is 0. The normalized spacial score (nSPS) is 14.8. The minimum atomic E-state index is -3.43. The van der Waals surface area contributed by atoms with Gasteiger partial charge in [0.05, 0.1) is 0 Å². The van der Waals surface area contributed by atoms with E-state index in [0.29, 0.717) is 0 Å². The van der Waals surface area contributed by atoms with Gasteiger partial charge in [-0.25, -0.2) is 56.0 Å². The van der Waals surface area contributed by atoms with Crippen molar-refractivity contribution in [3.05, 3.63) is 0 Å². The van der Waals surface area contributed by atoms with Crippen molar-refractivity contribution < 1.29 is 0 Å². The van der Waals surface area contributed by atoms with E-state index in [1.54, 1.807) is 0 Å². The predicted molar refractivity (Wildman–Crippen MR) is 209 cm³/mol. The van der Waals surface area contributed by atoms with Gasteiger partial charge in [0.1, 0.15) is 0 Å². The van der Waals surface area contributed by atoms with E-state index in [4.69, 9.17) is 18.1 Å². The second-order valence-corrected chi connectivity index (χ2v) is 31.0. The van der Waals surface area contributed by atoms with Gasteiger partial charge in [0.25, 0.3) is 0 Å². The Hall–Kier alpha value is 0.870. The van der Waals surface area contributed by atoms with E-state index >= 15 is 0 Å². The van der Waals surface area contributed by atoms with E-state index in [0.717, 1.165) is 0 Å². The van der Waals surface area contributed by atoms with Crippen LogP contribution in [0.1, 0.15) is 0 Å². The standard InChI is InChI=1S/C24H72N16P5/c1-29(2)42(30(3)4,31(5)6)25-41(26-43(32(7)8,33(9)10)34(11)12,27-44(35(13)14,36(15)16)37(17)18)28-45(38(19)20,39(21)22)40(23)24/h1-24H3/q+1. The van der Waals surface area contributed by atoms with Crippen LogP contribution in [0.4, 0.5) is 0 Å². The van der Waals surface area contributed by atoms with E-state index < -0.39 is 37.9 Å². The predicted octanol–water partition coefficient (Wildman–Crippen LogP) is 5.19. The highest BCUT2D eigenvalue weighted by Gasteiger charge is 2.56. The molecule has 0 fully saturated rings. The van der Waals surface area contributed by atoms with Crippen molar-refractivity contribution in [2.24, 2.45) is 18.1 Å². The van der Waals surface area contributed by atoms with Gasteiger partial charge in [0.2, 0.25) is 30.0 Å². The van der Waals surface area contributed by atoms with Crippen LogP contribution in [0.5, 0.6) is 0 Å². The molecule has 272 valence electrons. The van der Waals surface area contributed by atoms with Crippen LogP contribution in [-0.2, 0) is 0 Å². The molecule has 0 bridgehead atoms. The van der Waals surface area contributed by atoms with Crippen molar-refractivity contribution in [1.29, 1.82) is 0 Å². The first kappa shape index (κ1) is 45.9. The summed E-state index contributed by atoms with van der Waals surface area (Å²) in [7, 11) is 36.8. The summed E-state index contributed by atoms with van der Waals surface area (Å²) in [5.41, 5.74) is 0. The molecule has 0 saturated carbocycles. The van der Waals surface area contributed by atoms with Crippen LogP contribution >= 0.6 is 37.9 Å². The van der Waals surface area contributed by atoms with Crippen molar-refractivity contribution >= 4 is 37.9 Å². The third kappa shape index (κ3) is 8.79. The lowest BCUT2D eigenvalue weighted by Crippen LogP contribution is -2.33. The van der Waals surface area contributed by atoms with Crippen LogP contribution < -0.4 is 0 Å². The summed E-state index contributed by atoms with van der Waals surface area (Å²) in [5.74, 6) is 0. The minimum absolute atomic E-state index is 2.11.